The van der Waals surface area contributed by atoms with Crippen LogP contribution in [0.1, 0.15) is 0 Å². The van der Waals surface area contributed by atoms with E-state index >= 15 is 0 Å². The van der Waals surface area contributed by atoms with Gasteiger partial charge in [-0.2, -0.15) is 0 Å². The van der Waals surface area contributed by atoms with Crippen LogP contribution in [-0.4, -0.2) is 37.1 Å². The average molecular weight is 385 g/mol. The zero-order valence-electron chi connectivity index (χ0n) is 12.8. The molecular weight excluding hydrogens is 369 g/mol. The summed E-state index contributed by atoms with van der Waals surface area (Å²) in [6.07, 6.45) is 0. The van der Waals surface area contributed by atoms with Crippen molar-refractivity contribution in [3.63, 3.8) is 0 Å². The van der Waals surface area contributed by atoms with Crippen LogP contribution in [0.15, 0.2) is 42.5 Å². The monoisotopic (exact) mass is 383 g/mol. The fourth-order valence-corrected chi connectivity index (χ4v) is 3.00. The molecule has 1 heterocycles. The molecule has 2 aromatic rings. The minimum absolute atomic E-state index is 0.105. The first-order valence-corrected chi connectivity index (χ1v) is 8.68. The lowest BCUT2D eigenvalue weighted by Crippen LogP contribution is -2.50. The van der Waals surface area contributed by atoms with Crippen molar-refractivity contribution in [3.8, 4) is 0 Å². The van der Waals surface area contributed by atoms with Crippen molar-refractivity contribution < 1.29 is 4.79 Å². The predicted molar refractivity (Wildman–Crippen MR) is 101 cm³/mol. The fraction of sp³-hybridized carbons (Fsp3) is 0.235. The van der Waals surface area contributed by atoms with Crippen LogP contribution in [0.5, 0.6) is 0 Å². The van der Waals surface area contributed by atoms with Gasteiger partial charge < -0.3 is 15.1 Å². The van der Waals surface area contributed by atoms with Gasteiger partial charge in [0.05, 0.1) is 10.0 Å². The summed E-state index contributed by atoms with van der Waals surface area (Å²) in [5.74, 6) is 0. The van der Waals surface area contributed by atoms with E-state index in [1.807, 2.05) is 12.1 Å². The molecule has 0 aliphatic carbocycles. The molecule has 1 N–H and O–H groups in total. The SMILES string of the molecule is O=C(Nc1ccc(Cl)cc1)N1CCN(c2ccc(Cl)c(Cl)c2)CC1. The van der Waals surface area contributed by atoms with Crippen LogP contribution < -0.4 is 10.2 Å². The number of nitrogens with one attached hydrogen (secondary N) is 1. The maximum Gasteiger partial charge on any atom is 0.321 e. The molecule has 0 saturated carbocycles. The van der Waals surface area contributed by atoms with Crippen LogP contribution in [0.3, 0.4) is 0 Å². The van der Waals surface area contributed by atoms with E-state index in [-0.39, 0.29) is 6.03 Å². The van der Waals surface area contributed by atoms with E-state index in [4.69, 9.17) is 34.8 Å². The number of rotatable bonds is 2. The lowest BCUT2D eigenvalue weighted by atomic mass is 10.2. The van der Waals surface area contributed by atoms with E-state index < -0.39 is 0 Å². The Hall–Kier alpha value is -1.62. The average Bonchev–Trinajstić information content (AvgIpc) is 2.59. The molecule has 0 unspecified atom stereocenters. The lowest BCUT2D eigenvalue weighted by molar-refractivity contribution is 0.208. The van der Waals surface area contributed by atoms with Crippen molar-refractivity contribution >= 4 is 52.2 Å². The summed E-state index contributed by atoms with van der Waals surface area (Å²) >= 11 is 17.9. The summed E-state index contributed by atoms with van der Waals surface area (Å²) in [5, 5.41) is 4.61. The Kier molecular flexibility index (Phi) is 5.39. The molecule has 2 amide bonds. The number of benzene rings is 2. The van der Waals surface area contributed by atoms with Gasteiger partial charge in [0.25, 0.3) is 0 Å². The number of carbonyl (C=O) groups is 1. The smallest absolute Gasteiger partial charge is 0.321 e. The number of carbonyl (C=O) groups excluding carboxylic acids is 1. The van der Waals surface area contributed by atoms with Gasteiger partial charge in [0, 0.05) is 42.6 Å². The quantitative estimate of drug-likeness (QED) is 0.791. The molecule has 126 valence electrons. The van der Waals surface area contributed by atoms with E-state index in [0.29, 0.717) is 28.2 Å². The van der Waals surface area contributed by atoms with Crippen LogP contribution in [0.25, 0.3) is 0 Å². The first kappa shape index (κ1) is 17.2. The normalized spacial score (nSPS) is 14.6. The molecule has 0 aromatic heterocycles. The van der Waals surface area contributed by atoms with Crippen molar-refractivity contribution in [1.82, 2.24) is 4.90 Å². The van der Waals surface area contributed by atoms with Crippen LogP contribution in [-0.2, 0) is 0 Å². The molecule has 0 spiro atoms. The van der Waals surface area contributed by atoms with E-state index in [0.717, 1.165) is 24.5 Å². The number of halogens is 3. The minimum Gasteiger partial charge on any atom is -0.368 e. The summed E-state index contributed by atoms with van der Waals surface area (Å²) in [4.78, 5) is 16.3. The highest BCUT2D eigenvalue weighted by atomic mass is 35.5. The standard InChI is InChI=1S/C17H16Cl3N3O/c18-12-1-3-13(4-2-12)21-17(24)23-9-7-22(8-10-23)14-5-6-15(19)16(20)11-14/h1-6,11H,7-10H2,(H,21,24). The molecule has 0 radical (unpaired) electrons. The number of urea groups is 1. The van der Waals surface area contributed by atoms with Gasteiger partial charge in [-0.15, -0.1) is 0 Å². The Morgan fingerprint density at radius 1 is 0.875 bits per heavy atom. The van der Waals surface area contributed by atoms with Gasteiger partial charge >= 0.3 is 6.03 Å². The molecule has 1 aliphatic rings. The van der Waals surface area contributed by atoms with Crippen LogP contribution >= 0.6 is 34.8 Å². The van der Waals surface area contributed by atoms with Gasteiger partial charge in [-0.3, -0.25) is 0 Å². The first-order valence-electron chi connectivity index (χ1n) is 7.54. The van der Waals surface area contributed by atoms with E-state index in [2.05, 4.69) is 10.2 Å². The molecule has 0 atom stereocenters. The Bertz CT molecular complexity index is 728. The lowest BCUT2D eigenvalue weighted by Gasteiger charge is -2.36. The first-order chi connectivity index (χ1) is 11.5. The number of piperazine rings is 1. The Morgan fingerprint density at radius 2 is 1.54 bits per heavy atom. The van der Waals surface area contributed by atoms with Crippen LogP contribution in [0.4, 0.5) is 16.2 Å². The van der Waals surface area contributed by atoms with Crippen molar-refractivity contribution in [2.45, 2.75) is 0 Å². The molecule has 1 fully saturated rings. The summed E-state index contributed by atoms with van der Waals surface area (Å²) < 4.78 is 0. The molecule has 24 heavy (non-hydrogen) atoms. The number of hydrogen-bond acceptors (Lipinski definition) is 2. The number of hydrogen-bond donors (Lipinski definition) is 1. The third-order valence-corrected chi connectivity index (χ3v) is 4.92. The second kappa shape index (κ2) is 7.51. The highest BCUT2D eigenvalue weighted by Gasteiger charge is 2.21. The van der Waals surface area contributed by atoms with Gasteiger partial charge in [-0.25, -0.2) is 4.79 Å². The maximum absolute atomic E-state index is 12.3. The maximum atomic E-state index is 12.3. The van der Waals surface area contributed by atoms with Crippen molar-refractivity contribution in [3.05, 3.63) is 57.5 Å². The Labute approximate surface area is 155 Å². The minimum atomic E-state index is -0.105. The molecule has 2 aromatic carbocycles. The van der Waals surface area contributed by atoms with Gasteiger partial charge in [0.15, 0.2) is 0 Å². The number of amides is 2. The van der Waals surface area contributed by atoms with Crippen molar-refractivity contribution in [2.75, 3.05) is 36.4 Å². The highest BCUT2D eigenvalue weighted by molar-refractivity contribution is 6.42. The molecule has 7 heteroatoms. The second-order valence-corrected chi connectivity index (χ2v) is 6.76. The topological polar surface area (TPSA) is 35.6 Å². The highest BCUT2D eigenvalue weighted by Crippen LogP contribution is 2.27. The van der Waals surface area contributed by atoms with Gasteiger partial charge in [-0.1, -0.05) is 34.8 Å². The van der Waals surface area contributed by atoms with Gasteiger partial charge in [0.1, 0.15) is 0 Å². The molecule has 0 bridgehead atoms. The van der Waals surface area contributed by atoms with E-state index in [1.54, 1.807) is 35.2 Å². The summed E-state index contributed by atoms with van der Waals surface area (Å²) in [6.45, 7) is 2.76. The van der Waals surface area contributed by atoms with Crippen molar-refractivity contribution in [2.24, 2.45) is 0 Å². The Morgan fingerprint density at radius 3 is 2.17 bits per heavy atom. The molecule has 1 aliphatic heterocycles. The fourth-order valence-electron chi connectivity index (χ4n) is 2.59. The third kappa shape index (κ3) is 4.07. The third-order valence-electron chi connectivity index (χ3n) is 3.93. The predicted octanol–water partition coefficient (Wildman–Crippen LogP) is 5.00. The summed E-state index contributed by atoms with van der Waals surface area (Å²) in [5.41, 5.74) is 1.75. The molecule has 3 rings (SSSR count). The van der Waals surface area contributed by atoms with Crippen molar-refractivity contribution in [1.29, 1.82) is 0 Å². The van der Waals surface area contributed by atoms with Crippen LogP contribution in [0.2, 0.25) is 15.1 Å². The molecular formula is C17H16Cl3N3O. The Balaban J connectivity index is 1.57. The van der Waals surface area contributed by atoms with E-state index in [1.165, 1.54) is 0 Å². The zero-order valence-corrected chi connectivity index (χ0v) is 15.1. The van der Waals surface area contributed by atoms with Gasteiger partial charge in [-0.05, 0) is 42.5 Å². The number of anilines is 2. The van der Waals surface area contributed by atoms with Gasteiger partial charge in [0.2, 0.25) is 0 Å². The van der Waals surface area contributed by atoms with Crippen LogP contribution in [0, 0.1) is 0 Å². The molecule has 4 nitrogen and oxygen atoms in total. The second-order valence-electron chi connectivity index (χ2n) is 5.51. The summed E-state index contributed by atoms with van der Waals surface area (Å²) in [7, 11) is 0. The largest absolute Gasteiger partial charge is 0.368 e. The number of nitrogens with zero attached hydrogens (tertiary/aromatic N) is 2. The molecule has 1 saturated heterocycles. The van der Waals surface area contributed by atoms with E-state index in [9.17, 15) is 4.79 Å². The zero-order chi connectivity index (χ0) is 17.1. The summed E-state index contributed by atoms with van der Waals surface area (Å²) in [6, 6.07) is 12.5.